The van der Waals surface area contributed by atoms with Crippen LogP contribution < -0.4 is 5.32 Å². The van der Waals surface area contributed by atoms with Crippen molar-refractivity contribution in [1.82, 2.24) is 10.2 Å². The molecule has 0 aromatic heterocycles. The van der Waals surface area contributed by atoms with E-state index >= 15 is 0 Å². The van der Waals surface area contributed by atoms with E-state index in [0.717, 1.165) is 12.0 Å². The van der Waals surface area contributed by atoms with Gasteiger partial charge in [0.2, 0.25) is 0 Å². The van der Waals surface area contributed by atoms with Crippen LogP contribution in [0.5, 0.6) is 0 Å². The van der Waals surface area contributed by atoms with E-state index in [1.807, 2.05) is 0 Å². The molecule has 0 spiro atoms. The molecule has 2 unspecified atom stereocenters. The predicted octanol–water partition coefficient (Wildman–Crippen LogP) is 3.03. The second kappa shape index (κ2) is 5.71. The largest absolute Gasteiger partial charge is 0.309 e. The van der Waals surface area contributed by atoms with Gasteiger partial charge in [-0.1, -0.05) is 33.1 Å². The Morgan fingerprint density at radius 2 is 2.06 bits per heavy atom. The summed E-state index contributed by atoms with van der Waals surface area (Å²) in [6.45, 7) is 10.8. The Morgan fingerprint density at radius 1 is 1.29 bits per heavy atom. The first-order chi connectivity index (χ1) is 8.17. The third-order valence-corrected chi connectivity index (χ3v) is 5.13. The second-order valence-electron chi connectivity index (χ2n) is 6.41. The van der Waals surface area contributed by atoms with Gasteiger partial charge >= 0.3 is 0 Å². The monoisotopic (exact) mass is 238 g/mol. The number of hydrogen-bond donors (Lipinski definition) is 1. The summed E-state index contributed by atoms with van der Waals surface area (Å²) < 4.78 is 0. The Balaban J connectivity index is 1.85. The molecule has 1 saturated carbocycles. The summed E-state index contributed by atoms with van der Waals surface area (Å²) in [6.07, 6.45) is 8.44. The molecule has 0 bridgehead atoms. The van der Waals surface area contributed by atoms with Gasteiger partial charge in [-0.15, -0.1) is 0 Å². The predicted molar refractivity (Wildman–Crippen MR) is 74.3 cm³/mol. The van der Waals surface area contributed by atoms with Crippen molar-refractivity contribution in [3.05, 3.63) is 0 Å². The summed E-state index contributed by atoms with van der Waals surface area (Å²) in [4.78, 5) is 2.76. The van der Waals surface area contributed by atoms with Crippen LogP contribution in [0.4, 0.5) is 0 Å². The van der Waals surface area contributed by atoms with Crippen molar-refractivity contribution in [3.8, 4) is 0 Å². The number of hydrogen-bond acceptors (Lipinski definition) is 2. The molecule has 2 aliphatic rings. The van der Waals surface area contributed by atoms with Crippen molar-refractivity contribution in [2.75, 3.05) is 19.6 Å². The number of rotatable bonds is 5. The molecule has 100 valence electrons. The average Bonchev–Trinajstić information content (AvgIpc) is 2.27. The molecule has 2 atom stereocenters. The molecule has 2 heteroatoms. The highest BCUT2D eigenvalue weighted by Gasteiger charge is 2.33. The molecule has 0 aromatic carbocycles. The van der Waals surface area contributed by atoms with Gasteiger partial charge < -0.3 is 5.32 Å². The van der Waals surface area contributed by atoms with Crippen molar-refractivity contribution in [2.45, 2.75) is 70.9 Å². The normalized spacial score (nSPS) is 35.8. The van der Waals surface area contributed by atoms with Gasteiger partial charge in [-0.3, -0.25) is 4.90 Å². The average molecular weight is 238 g/mol. The quantitative estimate of drug-likeness (QED) is 0.792. The van der Waals surface area contributed by atoms with Crippen molar-refractivity contribution in [3.63, 3.8) is 0 Å². The lowest BCUT2D eigenvalue weighted by Crippen LogP contribution is -2.62. The Kier molecular flexibility index (Phi) is 4.48. The van der Waals surface area contributed by atoms with Crippen LogP contribution >= 0.6 is 0 Å². The van der Waals surface area contributed by atoms with Crippen LogP contribution in [0.15, 0.2) is 0 Å². The lowest BCUT2D eigenvalue weighted by atomic mass is 9.82. The Labute approximate surface area is 107 Å². The second-order valence-corrected chi connectivity index (χ2v) is 6.41. The van der Waals surface area contributed by atoms with Crippen LogP contribution in [0.25, 0.3) is 0 Å². The number of piperazine rings is 1. The van der Waals surface area contributed by atoms with Crippen molar-refractivity contribution in [1.29, 1.82) is 0 Å². The standard InChI is InChI=1S/C15H30N2/c1-4-14-11-16-15(3,5-2)12-17(14)10-9-13-7-6-8-13/h13-14,16H,4-12H2,1-3H3. The third-order valence-electron chi connectivity index (χ3n) is 5.13. The van der Waals surface area contributed by atoms with Crippen LogP contribution in [0.2, 0.25) is 0 Å². The summed E-state index contributed by atoms with van der Waals surface area (Å²) >= 11 is 0. The van der Waals surface area contributed by atoms with Gasteiger partial charge in [0, 0.05) is 24.7 Å². The van der Waals surface area contributed by atoms with Crippen molar-refractivity contribution in [2.24, 2.45) is 5.92 Å². The molecule has 2 nitrogen and oxygen atoms in total. The zero-order valence-electron chi connectivity index (χ0n) is 12.0. The van der Waals surface area contributed by atoms with Gasteiger partial charge in [0.05, 0.1) is 0 Å². The zero-order chi connectivity index (χ0) is 12.3. The van der Waals surface area contributed by atoms with E-state index in [9.17, 15) is 0 Å². The Hall–Kier alpha value is -0.0800. The molecular formula is C15H30N2. The van der Waals surface area contributed by atoms with Crippen LogP contribution in [0.3, 0.4) is 0 Å². The molecule has 0 aromatic rings. The van der Waals surface area contributed by atoms with Gasteiger partial charge in [-0.2, -0.15) is 0 Å². The summed E-state index contributed by atoms with van der Waals surface area (Å²) in [5.74, 6) is 1.05. The van der Waals surface area contributed by atoms with E-state index in [-0.39, 0.29) is 0 Å². The summed E-state index contributed by atoms with van der Waals surface area (Å²) in [5, 5.41) is 3.75. The highest BCUT2D eigenvalue weighted by molar-refractivity contribution is 4.94. The molecule has 1 heterocycles. The molecule has 2 fully saturated rings. The van der Waals surface area contributed by atoms with Crippen molar-refractivity contribution < 1.29 is 0 Å². The topological polar surface area (TPSA) is 15.3 Å². The minimum Gasteiger partial charge on any atom is -0.309 e. The molecule has 1 N–H and O–H groups in total. The smallest absolute Gasteiger partial charge is 0.0278 e. The first kappa shape index (κ1) is 13.4. The molecular weight excluding hydrogens is 208 g/mol. The fourth-order valence-electron chi connectivity index (χ4n) is 3.16. The molecule has 0 amide bonds. The maximum Gasteiger partial charge on any atom is 0.0278 e. The van der Waals surface area contributed by atoms with E-state index < -0.39 is 0 Å². The lowest BCUT2D eigenvalue weighted by molar-refractivity contribution is 0.0718. The Morgan fingerprint density at radius 3 is 2.59 bits per heavy atom. The molecule has 2 rings (SSSR count). The van der Waals surface area contributed by atoms with Gasteiger partial charge in [-0.05, 0) is 38.6 Å². The van der Waals surface area contributed by atoms with Gasteiger partial charge in [0.15, 0.2) is 0 Å². The van der Waals surface area contributed by atoms with Crippen molar-refractivity contribution >= 4 is 0 Å². The first-order valence-electron chi connectivity index (χ1n) is 7.66. The molecule has 0 radical (unpaired) electrons. The fourth-order valence-corrected chi connectivity index (χ4v) is 3.16. The number of nitrogens with one attached hydrogen (secondary N) is 1. The molecule has 1 aliphatic heterocycles. The Bertz CT molecular complexity index is 237. The van der Waals surface area contributed by atoms with Crippen LogP contribution in [0.1, 0.15) is 59.3 Å². The van der Waals surface area contributed by atoms with E-state index in [0.29, 0.717) is 5.54 Å². The van der Waals surface area contributed by atoms with Crippen LogP contribution in [-0.4, -0.2) is 36.1 Å². The molecule has 17 heavy (non-hydrogen) atoms. The minimum absolute atomic E-state index is 0.352. The number of nitrogens with zero attached hydrogens (tertiary/aromatic N) is 1. The van der Waals surface area contributed by atoms with Gasteiger partial charge in [-0.25, -0.2) is 0 Å². The molecule has 1 aliphatic carbocycles. The van der Waals surface area contributed by atoms with E-state index in [1.165, 1.54) is 58.2 Å². The van der Waals surface area contributed by atoms with Gasteiger partial charge in [0.25, 0.3) is 0 Å². The maximum atomic E-state index is 3.75. The fraction of sp³-hybridized carbons (Fsp3) is 1.00. The van der Waals surface area contributed by atoms with E-state index in [1.54, 1.807) is 0 Å². The SMILES string of the molecule is CCC1CNC(C)(CC)CN1CCC1CCC1. The third kappa shape index (κ3) is 3.23. The minimum atomic E-state index is 0.352. The first-order valence-corrected chi connectivity index (χ1v) is 7.66. The van der Waals surface area contributed by atoms with Crippen LogP contribution in [-0.2, 0) is 0 Å². The highest BCUT2D eigenvalue weighted by Crippen LogP contribution is 2.30. The van der Waals surface area contributed by atoms with Gasteiger partial charge in [0.1, 0.15) is 0 Å². The maximum absolute atomic E-state index is 3.75. The van der Waals surface area contributed by atoms with E-state index in [2.05, 4.69) is 31.0 Å². The summed E-state index contributed by atoms with van der Waals surface area (Å²) in [5.41, 5.74) is 0.352. The van der Waals surface area contributed by atoms with Crippen LogP contribution in [0, 0.1) is 5.92 Å². The summed E-state index contributed by atoms with van der Waals surface area (Å²) in [6, 6.07) is 0.773. The zero-order valence-corrected chi connectivity index (χ0v) is 12.0. The van der Waals surface area contributed by atoms with E-state index in [4.69, 9.17) is 0 Å². The highest BCUT2D eigenvalue weighted by atomic mass is 15.2. The summed E-state index contributed by atoms with van der Waals surface area (Å²) in [7, 11) is 0. The lowest BCUT2D eigenvalue weighted by Gasteiger charge is -2.46. The molecule has 1 saturated heterocycles.